The molecule has 106 valence electrons. The van der Waals surface area contributed by atoms with Gasteiger partial charge in [-0.05, 0) is 23.8 Å². The topological polar surface area (TPSA) is 74.2 Å². The van der Waals surface area contributed by atoms with Crippen molar-refractivity contribution >= 4 is 22.3 Å². The van der Waals surface area contributed by atoms with Crippen LogP contribution in [-0.2, 0) is 6.42 Å². The molecular weight excluding hydrogens is 262 g/mol. The van der Waals surface area contributed by atoms with E-state index in [2.05, 4.69) is 4.98 Å². The third-order valence-corrected chi connectivity index (χ3v) is 3.58. The highest BCUT2D eigenvalue weighted by atomic mass is 16.5. The minimum atomic E-state index is 0.560. The van der Waals surface area contributed by atoms with Crippen LogP contribution in [0.1, 0.15) is 11.3 Å². The van der Waals surface area contributed by atoms with Crippen molar-refractivity contribution in [2.45, 2.75) is 6.42 Å². The molecule has 0 aliphatic rings. The van der Waals surface area contributed by atoms with Crippen molar-refractivity contribution in [3.63, 3.8) is 0 Å². The average molecular weight is 279 g/mol. The summed E-state index contributed by atoms with van der Waals surface area (Å²) in [5, 5.41) is 0.897. The van der Waals surface area contributed by atoms with Crippen molar-refractivity contribution in [2.24, 2.45) is 0 Å². The van der Waals surface area contributed by atoms with E-state index in [0.717, 1.165) is 27.9 Å². The Morgan fingerprint density at radius 1 is 0.952 bits per heavy atom. The van der Waals surface area contributed by atoms with Gasteiger partial charge in [-0.2, -0.15) is 0 Å². The molecule has 0 bridgehead atoms. The van der Waals surface area contributed by atoms with Gasteiger partial charge in [0.2, 0.25) is 0 Å². The third kappa shape index (κ3) is 2.48. The normalized spacial score (nSPS) is 10.7. The molecule has 3 aromatic rings. The second kappa shape index (κ2) is 5.32. The maximum absolute atomic E-state index is 6.14. The number of benzene rings is 2. The Bertz CT molecular complexity index is 782. The van der Waals surface area contributed by atoms with Gasteiger partial charge in [0.15, 0.2) is 0 Å². The van der Waals surface area contributed by atoms with Crippen molar-refractivity contribution in [1.82, 2.24) is 4.98 Å². The number of para-hydroxylation sites is 1. The zero-order chi connectivity index (χ0) is 14.8. The van der Waals surface area contributed by atoms with Gasteiger partial charge in [0.1, 0.15) is 5.75 Å². The molecule has 0 radical (unpaired) electrons. The Kier molecular flexibility index (Phi) is 3.36. The number of anilines is 2. The van der Waals surface area contributed by atoms with Crippen molar-refractivity contribution < 1.29 is 4.74 Å². The second-order valence-electron chi connectivity index (χ2n) is 4.93. The Balaban J connectivity index is 2.01. The number of hydrogen-bond donors (Lipinski definition) is 2. The van der Waals surface area contributed by atoms with Crippen LogP contribution >= 0.6 is 0 Å². The smallest absolute Gasteiger partial charge is 0.118 e. The van der Waals surface area contributed by atoms with E-state index < -0.39 is 0 Å². The number of nitrogens with two attached hydrogens (primary N) is 2. The highest BCUT2D eigenvalue weighted by Crippen LogP contribution is 2.29. The number of aromatic nitrogens is 1. The van der Waals surface area contributed by atoms with Gasteiger partial charge in [-0.15, -0.1) is 0 Å². The first kappa shape index (κ1) is 13.2. The van der Waals surface area contributed by atoms with Crippen LogP contribution < -0.4 is 16.2 Å². The molecule has 0 amide bonds. The van der Waals surface area contributed by atoms with Crippen LogP contribution in [0.4, 0.5) is 11.4 Å². The van der Waals surface area contributed by atoms with E-state index in [1.165, 1.54) is 0 Å². The molecule has 1 heterocycles. The quantitative estimate of drug-likeness (QED) is 0.773. The number of fused-ring (bicyclic) bond motifs is 1. The van der Waals surface area contributed by atoms with Gasteiger partial charge in [0.25, 0.3) is 0 Å². The lowest BCUT2D eigenvalue weighted by Gasteiger charge is -2.11. The molecule has 0 aliphatic carbocycles. The largest absolute Gasteiger partial charge is 0.497 e. The standard InChI is InChI=1S/C17H17N3O/c1-21-12-8-6-11(7-9-12)10-15-17(19)16(18)13-4-2-3-5-14(13)20-15/h2-9H,10,19H2,1H3,(H2,18,20). The number of ether oxygens (including phenoxy) is 1. The van der Waals surface area contributed by atoms with Gasteiger partial charge in [-0.1, -0.05) is 30.3 Å². The summed E-state index contributed by atoms with van der Waals surface area (Å²) in [5.41, 5.74) is 16.2. The molecule has 0 fully saturated rings. The van der Waals surface area contributed by atoms with Crippen LogP contribution in [-0.4, -0.2) is 12.1 Å². The second-order valence-corrected chi connectivity index (χ2v) is 4.93. The number of pyridine rings is 1. The minimum Gasteiger partial charge on any atom is -0.497 e. The number of methoxy groups -OCH3 is 1. The van der Waals surface area contributed by atoms with E-state index >= 15 is 0 Å². The summed E-state index contributed by atoms with van der Waals surface area (Å²) in [6, 6.07) is 15.6. The van der Waals surface area contributed by atoms with Gasteiger partial charge in [0.05, 0.1) is 29.7 Å². The third-order valence-electron chi connectivity index (χ3n) is 3.58. The Morgan fingerprint density at radius 2 is 1.67 bits per heavy atom. The summed E-state index contributed by atoms with van der Waals surface area (Å²) in [4.78, 5) is 4.64. The fourth-order valence-corrected chi connectivity index (χ4v) is 2.38. The molecule has 0 atom stereocenters. The van der Waals surface area contributed by atoms with Crippen LogP contribution in [0.25, 0.3) is 10.9 Å². The maximum Gasteiger partial charge on any atom is 0.118 e. The summed E-state index contributed by atoms with van der Waals surface area (Å²) in [6.45, 7) is 0. The van der Waals surface area contributed by atoms with Crippen LogP contribution in [0.5, 0.6) is 5.75 Å². The average Bonchev–Trinajstić information content (AvgIpc) is 2.53. The molecule has 0 aliphatic heterocycles. The molecule has 21 heavy (non-hydrogen) atoms. The summed E-state index contributed by atoms with van der Waals surface area (Å²) < 4.78 is 5.16. The molecule has 4 heteroatoms. The molecular formula is C17H17N3O. The highest BCUT2D eigenvalue weighted by Gasteiger charge is 2.10. The first-order valence-electron chi connectivity index (χ1n) is 6.74. The fraction of sp³-hybridized carbons (Fsp3) is 0.118. The first-order chi connectivity index (χ1) is 10.2. The first-order valence-corrected chi connectivity index (χ1v) is 6.74. The summed E-state index contributed by atoms with van der Waals surface area (Å²) in [6.07, 6.45) is 0.644. The monoisotopic (exact) mass is 279 g/mol. The van der Waals surface area contributed by atoms with E-state index in [1.807, 2.05) is 48.5 Å². The fourth-order valence-electron chi connectivity index (χ4n) is 2.38. The zero-order valence-corrected chi connectivity index (χ0v) is 11.8. The van der Waals surface area contributed by atoms with Crippen molar-refractivity contribution in [3.05, 3.63) is 59.8 Å². The molecule has 0 unspecified atom stereocenters. The van der Waals surface area contributed by atoms with Crippen molar-refractivity contribution in [2.75, 3.05) is 18.6 Å². The lowest BCUT2D eigenvalue weighted by Crippen LogP contribution is -2.04. The molecule has 3 rings (SSSR count). The maximum atomic E-state index is 6.14. The molecule has 0 spiro atoms. The minimum absolute atomic E-state index is 0.560. The summed E-state index contributed by atoms with van der Waals surface area (Å²) >= 11 is 0. The van der Waals surface area contributed by atoms with Crippen LogP contribution in [0.2, 0.25) is 0 Å². The number of nitrogen functional groups attached to an aromatic ring is 2. The van der Waals surface area contributed by atoms with E-state index in [9.17, 15) is 0 Å². The van der Waals surface area contributed by atoms with E-state index in [0.29, 0.717) is 17.8 Å². The van der Waals surface area contributed by atoms with E-state index in [4.69, 9.17) is 16.2 Å². The zero-order valence-electron chi connectivity index (χ0n) is 11.8. The highest BCUT2D eigenvalue weighted by molar-refractivity contribution is 5.96. The molecule has 0 saturated carbocycles. The molecule has 0 saturated heterocycles. The summed E-state index contributed by atoms with van der Waals surface area (Å²) in [5.74, 6) is 0.831. The SMILES string of the molecule is COc1ccc(Cc2nc3ccccc3c(N)c2N)cc1. The van der Waals surface area contributed by atoms with E-state index in [1.54, 1.807) is 7.11 Å². The van der Waals surface area contributed by atoms with Gasteiger partial charge >= 0.3 is 0 Å². The van der Waals surface area contributed by atoms with Gasteiger partial charge in [-0.3, -0.25) is 4.98 Å². The van der Waals surface area contributed by atoms with E-state index in [-0.39, 0.29) is 0 Å². The van der Waals surface area contributed by atoms with Crippen LogP contribution in [0, 0.1) is 0 Å². The molecule has 1 aromatic heterocycles. The van der Waals surface area contributed by atoms with Crippen LogP contribution in [0.15, 0.2) is 48.5 Å². The Morgan fingerprint density at radius 3 is 2.38 bits per heavy atom. The van der Waals surface area contributed by atoms with Crippen molar-refractivity contribution in [3.8, 4) is 5.75 Å². The Hall–Kier alpha value is -2.75. The molecule has 4 nitrogen and oxygen atoms in total. The van der Waals surface area contributed by atoms with Gasteiger partial charge < -0.3 is 16.2 Å². The molecule has 2 aromatic carbocycles. The number of hydrogen-bond acceptors (Lipinski definition) is 4. The van der Waals surface area contributed by atoms with Gasteiger partial charge in [-0.25, -0.2) is 0 Å². The van der Waals surface area contributed by atoms with Gasteiger partial charge in [0, 0.05) is 11.8 Å². The predicted molar refractivity (Wildman–Crippen MR) is 86.4 cm³/mol. The Labute approximate surface area is 123 Å². The summed E-state index contributed by atoms with van der Waals surface area (Å²) in [7, 11) is 1.65. The number of nitrogens with zero attached hydrogens (tertiary/aromatic N) is 1. The number of rotatable bonds is 3. The predicted octanol–water partition coefficient (Wildman–Crippen LogP) is 3.00. The van der Waals surface area contributed by atoms with Crippen molar-refractivity contribution in [1.29, 1.82) is 0 Å². The lowest BCUT2D eigenvalue weighted by atomic mass is 10.0. The molecule has 4 N–H and O–H groups in total. The lowest BCUT2D eigenvalue weighted by molar-refractivity contribution is 0.414. The van der Waals surface area contributed by atoms with Crippen LogP contribution in [0.3, 0.4) is 0 Å².